The Balaban J connectivity index is 2.02. The lowest BCUT2D eigenvalue weighted by Crippen LogP contribution is -2.33. The van der Waals surface area contributed by atoms with Crippen LogP contribution in [0.4, 0.5) is 4.39 Å². The van der Waals surface area contributed by atoms with Gasteiger partial charge in [0.05, 0.1) is 5.02 Å². The molecule has 1 saturated carbocycles. The van der Waals surface area contributed by atoms with Gasteiger partial charge < -0.3 is 5.73 Å². The number of rotatable bonds is 3. The number of halogens is 2. The van der Waals surface area contributed by atoms with E-state index in [0.717, 1.165) is 12.0 Å². The summed E-state index contributed by atoms with van der Waals surface area (Å²) in [4.78, 5) is 0. The lowest BCUT2D eigenvalue weighted by Gasteiger charge is -2.23. The topological polar surface area (TPSA) is 26.0 Å². The molecule has 0 amide bonds. The molecule has 1 aromatic rings. The van der Waals surface area contributed by atoms with Crippen LogP contribution in [0, 0.1) is 17.7 Å². The van der Waals surface area contributed by atoms with Crippen molar-refractivity contribution in [1.29, 1.82) is 0 Å². The minimum Gasteiger partial charge on any atom is -0.327 e. The molecule has 0 heterocycles. The van der Waals surface area contributed by atoms with Crippen LogP contribution in [-0.4, -0.2) is 6.04 Å². The van der Waals surface area contributed by atoms with Gasteiger partial charge in [0.15, 0.2) is 0 Å². The Morgan fingerprint density at radius 1 is 1.47 bits per heavy atom. The van der Waals surface area contributed by atoms with Crippen LogP contribution >= 0.6 is 11.6 Å². The van der Waals surface area contributed by atoms with E-state index in [1.165, 1.54) is 25.3 Å². The number of hydrogen-bond acceptors (Lipinski definition) is 1. The molecule has 1 aromatic carbocycles. The molecule has 17 heavy (non-hydrogen) atoms. The molecule has 1 nitrogen and oxygen atoms in total. The van der Waals surface area contributed by atoms with Crippen LogP contribution in [0.2, 0.25) is 5.02 Å². The van der Waals surface area contributed by atoms with Crippen molar-refractivity contribution in [3.8, 4) is 0 Å². The van der Waals surface area contributed by atoms with Crippen LogP contribution in [0.1, 0.15) is 31.7 Å². The van der Waals surface area contributed by atoms with Gasteiger partial charge in [-0.2, -0.15) is 0 Å². The zero-order valence-corrected chi connectivity index (χ0v) is 10.9. The Morgan fingerprint density at radius 3 is 2.82 bits per heavy atom. The van der Waals surface area contributed by atoms with Crippen molar-refractivity contribution >= 4 is 11.6 Å². The summed E-state index contributed by atoms with van der Waals surface area (Å²) in [5, 5.41) is 0.189. The number of nitrogens with two attached hydrogens (primary N) is 1. The Kier molecular flexibility index (Phi) is 4.05. The summed E-state index contributed by atoms with van der Waals surface area (Å²) in [6.07, 6.45) is 4.57. The third-order valence-corrected chi connectivity index (χ3v) is 4.22. The van der Waals surface area contributed by atoms with Gasteiger partial charge in [0.25, 0.3) is 0 Å². The summed E-state index contributed by atoms with van der Waals surface area (Å²) in [6, 6.07) is 5.05. The number of benzene rings is 1. The molecule has 1 fully saturated rings. The van der Waals surface area contributed by atoms with E-state index in [1.807, 2.05) is 0 Å². The first kappa shape index (κ1) is 12.8. The fourth-order valence-corrected chi connectivity index (χ4v) is 3.10. The largest absolute Gasteiger partial charge is 0.327 e. The zero-order chi connectivity index (χ0) is 12.4. The molecule has 0 aromatic heterocycles. The molecule has 1 aliphatic rings. The summed E-state index contributed by atoms with van der Waals surface area (Å²) in [5.74, 6) is 0.943. The van der Waals surface area contributed by atoms with Gasteiger partial charge in [-0.1, -0.05) is 37.4 Å². The molecule has 2 rings (SSSR count). The zero-order valence-electron chi connectivity index (χ0n) is 10.1. The Bertz CT molecular complexity index is 394. The van der Waals surface area contributed by atoms with Gasteiger partial charge >= 0.3 is 0 Å². The quantitative estimate of drug-likeness (QED) is 0.874. The molecule has 0 bridgehead atoms. The molecular formula is C14H19ClFN. The maximum absolute atomic E-state index is 13.0. The molecule has 3 heteroatoms. The normalized spacial score (nSPS) is 26.1. The molecule has 0 aliphatic heterocycles. The Labute approximate surface area is 107 Å². The molecule has 0 spiro atoms. The highest BCUT2D eigenvalue weighted by Crippen LogP contribution is 2.34. The third-order valence-electron chi connectivity index (χ3n) is 3.93. The van der Waals surface area contributed by atoms with Crippen molar-refractivity contribution < 1.29 is 4.39 Å². The Hall–Kier alpha value is -0.600. The van der Waals surface area contributed by atoms with Crippen LogP contribution in [0.5, 0.6) is 0 Å². The van der Waals surface area contributed by atoms with Crippen LogP contribution < -0.4 is 5.73 Å². The van der Waals surface area contributed by atoms with Gasteiger partial charge in [-0.05, 0) is 42.4 Å². The third kappa shape index (κ3) is 2.99. The van der Waals surface area contributed by atoms with E-state index in [2.05, 4.69) is 6.92 Å². The highest BCUT2D eigenvalue weighted by atomic mass is 35.5. The monoisotopic (exact) mass is 255 g/mol. The summed E-state index contributed by atoms with van der Waals surface area (Å²) < 4.78 is 13.0. The smallest absolute Gasteiger partial charge is 0.141 e. The van der Waals surface area contributed by atoms with E-state index >= 15 is 0 Å². The first-order valence-corrected chi connectivity index (χ1v) is 6.65. The second-order valence-electron chi connectivity index (χ2n) is 5.19. The van der Waals surface area contributed by atoms with Crippen molar-refractivity contribution in [2.75, 3.05) is 0 Å². The van der Waals surface area contributed by atoms with E-state index in [1.54, 1.807) is 12.1 Å². The molecule has 0 radical (unpaired) electrons. The van der Waals surface area contributed by atoms with Crippen LogP contribution in [0.3, 0.4) is 0 Å². The molecule has 3 unspecified atom stereocenters. The van der Waals surface area contributed by atoms with E-state index < -0.39 is 0 Å². The molecule has 3 atom stereocenters. The SMILES string of the molecule is CC1CCCC1C(N)Cc1ccc(F)c(Cl)c1. The number of hydrogen-bond donors (Lipinski definition) is 1. The van der Waals surface area contributed by atoms with Gasteiger partial charge in [-0.3, -0.25) is 0 Å². The molecule has 1 aliphatic carbocycles. The minimum absolute atomic E-state index is 0.161. The van der Waals surface area contributed by atoms with E-state index in [9.17, 15) is 4.39 Å². The van der Waals surface area contributed by atoms with E-state index in [-0.39, 0.29) is 16.9 Å². The van der Waals surface area contributed by atoms with Crippen molar-refractivity contribution in [2.24, 2.45) is 17.6 Å². The fraction of sp³-hybridized carbons (Fsp3) is 0.571. The molecule has 0 saturated heterocycles. The first-order valence-electron chi connectivity index (χ1n) is 6.27. The standard InChI is InChI=1S/C14H19ClFN/c1-9-3-2-4-11(9)14(17)8-10-5-6-13(16)12(15)7-10/h5-7,9,11,14H,2-4,8,17H2,1H3. The van der Waals surface area contributed by atoms with Gasteiger partial charge in [0, 0.05) is 6.04 Å². The van der Waals surface area contributed by atoms with Crippen molar-refractivity contribution in [2.45, 2.75) is 38.6 Å². The maximum Gasteiger partial charge on any atom is 0.141 e. The van der Waals surface area contributed by atoms with Crippen molar-refractivity contribution in [3.05, 3.63) is 34.6 Å². The predicted octanol–water partition coefficient (Wildman–Crippen LogP) is 3.79. The summed E-state index contributed by atoms with van der Waals surface area (Å²) >= 11 is 5.77. The van der Waals surface area contributed by atoms with Crippen LogP contribution in [0.15, 0.2) is 18.2 Å². The summed E-state index contributed by atoms with van der Waals surface area (Å²) in [5.41, 5.74) is 7.28. The van der Waals surface area contributed by atoms with Crippen LogP contribution in [-0.2, 0) is 6.42 Å². The van der Waals surface area contributed by atoms with Crippen molar-refractivity contribution in [1.82, 2.24) is 0 Å². The van der Waals surface area contributed by atoms with Crippen LogP contribution in [0.25, 0.3) is 0 Å². The van der Waals surface area contributed by atoms with Gasteiger partial charge in [-0.25, -0.2) is 4.39 Å². The van der Waals surface area contributed by atoms with Gasteiger partial charge in [0.2, 0.25) is 0 Å². The second-order valence-corrected chi connectivity index (χ2v) is 5.60. The predicted molar refractivity (Wildman–Crippen MR) is 69.6 cm³/mol. The second kappa shape index (κ2) is 5.36. The molecule has 94 valence electrons. The van der Waals surface area contributed by atoms with E-state index in [0.29, 0.717) is 11.8 Å². The highest BCUT2D eigenvalue weighted by Gasteiger charge is 2.28. The average molecular weight is 256 g/mol. The van der Waals surface area contributed by atoms with Gasteiger partial charge in [0.1, 0.15) is 5.82 Å². The molecule has 2 N–H and O–H groups in total. The molecular weight excluding hydrogens is 237 g/mol. The summed E-state index contributed by atoms with van der Waals surface area (Å²) in [7, 11) is 0. The Morgan fingerprint density at radius 2 is 2.24 bits per heavy atom. The first-order chi connectivity index (χ1) is 8.08. The minimum atomic E-state index is -0.363. The highest BCUT2D eigenvalue weighted by molar-refractivity contribution is 6.30. The fourth-order valence-electron chi connectivity index (χ4n) is 2.90. The van der Waals surface area contributed by atoms with Crippen molar-refractivity contribution in [3.63, 3.8) is 0 Å². The lowest BCUT2D eigenvalue weighted by molar-refractivity contribution is 0.343. The summed E-state index contributed by atoms with van der Waals surface area (Å²) in [6.45, 7) is 2.27. The van der Waals surface area contributed by atoms with Gasteiger partial charge in [-0.15, -0.1) is 0 Å². The lowest BCUT2D eigenvalue weighted by atomic mass is 9.87. The maximum atomic E-state index is 13.0. The van der Waals surface area contributed by atoms with E-state index in [4.69, 9.17) is 17.3 Å². The average Bonchev–Trinajstić information content (AvgIpc) is 2.70.